The first-order chi connectivity index (χ1) is 13.1. The number of fused-ring (bicyclic) bond motifs is 2. The minimum Gasteiger partial charge on any atom is -0.496 e. The molecule has 0 spiro atoms. The van der Waals surface area contributed by atoms with Gasteiger partial charge < -0.3 is 20.5 Å². The van der Waals surface area contributed by atoms with Crippen molar-refractivity contribution in [1.82, 2.24) is 4.98 Å². The predicted octanol–water partition coefficient (Wildman–Crippen LogP) is 4.30. The van der Waals surface area contributed by atoms with E-state index in [-0.39, 0.29) is 5.91 Å². The van der Waals surface area contributed by atoms with Gasteiger partial charge in [-0.25, -0.2) is 4.98 Å². The highest BCUT2D eigenvalue weighted by Gasteiger charge is 2.16. The van der Waals surface area contributed by atoms with Crippen molar-refractivity contribution in [2.24, 2.45) is 0 Å². The highest BCUT2D eigenvalue weighted by molar-refractivity contribution is 7.22. The summed E-state index contributed by atoms with van der Waals surface area (Å²) < 4.78 is 11.6. The molecule has 0 unspecified atom stereocenters. The largest absolute Gasteiger partial charge is 0.496 e. The number of hydrogen-bond donors (Lipinski definition) is 2. The monoisotopic (exact) mass is 379 g/mol. The lowest BCUT2D eigenvalue weighted by atomic mass is 10.1. The van der Waals surface area contributed by atoms with Crippen molar-refractivity contribution in [3.05, 3.63) is 54.1 Å². The van der Waals surface area contributed by atoms with E-state index in [9.17, 15) is 4.79 Å². The molecule has 136 valence electrons. The molecule has 0 atom stereocenters. The molecule has 6 nitrogen and oxygen atoms in total. The molecular formula is C20H17N3O3S. The summed E-state index contributed by atoms with van der Waals surface area (Å²) in [5.41, 5.74) is 7.53. The Morgan fingerprint density at radius 3 is 2.44 bits per heavy atom. The number of benzene rings is 3. The molecule has 4 aromatic rings. The van der Waals surface area contributed by atoms with E-state index < -0.39 is 0 Å². The third kappa shape index (κ3) is 3.13. The summed E-state index contributed by atoms with van der Waals surface area (Å²) >= 11 is 1.34. The first-order valence-electron chi connectivity index (χ1n) is 8.21. The van der Waals surface area contributed by atoms with Gasteiger partial charge in [-0.05, 0) is 29.0 Å². The zero-order chi connectivity index (χ0) is 19.0. The molecule has 3 aromatic carbocycles. The summed E-state index contributed by atoms with van der Waals surface area (Å²) in [5.74, 6) is 0.805. The van der Waals surface area contributed by atoms with Crippen LogP contribution >= 0.6 is 11.3 Å². The highest BCUT2D eigenvalue weighted by atomic mass is 32.1. The number of methoxy groups -OCH3 is 2. The second-order valence-electron chi connectivity index (χ2n) is 5.93. The van der Waals surface area contributed by atoms with Crippen LogP contribution in [-0.4, -0.2) is 25.1 Å². The van der Waals surface area contributed by atoms with Crippen molar-refractivity contribution >= 4 is 49.1 Å². The van der Waals surface area contributed by atoms with E-state index in [0.717, 1.165) is 15.5 Å². The van der Waals surface area contributed by atoms with E-state index in [1.807, 2.05) is 42.5 Å². The van der Waals surface area contributed by atoms with Crippen LogP contribution in [0.3, 0.4) is 0 Å². The number of carbonyl (C=O) groups is 1. The number of thiazole rings is 1. The first-order valence-corrected chi connectivity index (χ1v) is 9.03. The number of rotatable bonds is 4. The lowest BCUT2D eigenvalue weighted by Crippen LogP contribution is -2.13. The summed E-state index contributed by atoms with van der Waals surface area (Å²) in [6.45, 7) is 0. The zero-order valence-corrected chi connectivity index (χ0v) is 15.6. The van der Waals surface area contributed by atoms with Crippen LogP contribution in [0.5, 0.6) is 11.5 Å². The molecule has 1 heterocycles. The lowest BCUT2D eigenvalue weighted by Gasteiger charge is -2.12. The average molecular weight is 379 g/mol. The minimum atomic E-state index is -0.267. The van der Waals surface area contributed by atoms with Crippen molar-refractivity contribution < 1.29 is 14.3 Å². The topological polar surface area (TPSA) is 86.5 Å². The quantitative estimate of drug-likeness (QED) is 0.552. The lowest BCUT2D eigenvalue weighted by molar-refractivity contribution is 0.102. The van der Waals surface area contributed by atoms with Crippen molar-refractivity contribution in [3.8, 4) is 11.5 Å². The number of nitrogens with one attached hydrogen (secondary N) is 1. The number of nitrogens with zero attached hydrogens (tertiary/aromatic N) is 1. The molecular weight excluding hydrogens is 362 g/mol. The second-order valence-corrected chi connectivity index (χ2v) is 6.99. The number of nitrogen functional groups attached to an aromatic ring is 1. The molecule has 3 N–H and O–H groups in total. The van der Waals surface area contributed by atoms with Crippen LogP contribution in [-0.2, 0) is 0 Å². The van der Waals surface area contributed by atoms with Crippen LogP contribution in [0.2, 0.25) is 0 Å². The smallest absolute Gasteiger partial charge is 0.259 e. The molecule has 1 aromatic heterocycles. The molecule has 0 saturated carbocycles. The number of aromatic nitrogens is 1. The summed E-state index contributed by atoms with van der Waals surface area (Å²) in [7, 11) is 3.11. The van der Waals surface area contributed by atoms with Gasteiger partial charge in [0, 0.05) is 11.8 Å². The SMILES string of the molecule is COc1cc2ccccc2cc1C(=O)Nc1cc(OC)c2nc(N)sc2c1. The van der Waals surface area contributed by atoms with Crippen molar-refractivity contribution in [2.75, 3.05) is 25.3 Å². The normalized spacial score (nSPS) is 10.9. The van der Waals surface area contributed by atoms with Gasteiger partial charge >= 0.3 is 0 Å². The minimum absolute atomic E-state index is 0.267. The maximum atomic E-state index is 12.9. The van der Waals surface area contributed by atoms with Gasteiger partial charge in [0.15, 0.2) is 5.13 Å². The van der Waals surface area contributed by atoms with Crippen molar-refractivity contribution in [3.63, 3.8) is 0 Å². The predicted molar refractivity (Wildman–Crippen MR) is 109 cm³/mol. The molecule has 0 saturated heterocycles. The Hall–Kier alpha value is -3.32. The Morgan fingerprint density at radius 2 is 1.74 bits per heavy atom. The third-order valence-corrected chi connectivity index (χ3v) is 5.10. The zero-order valence-electron chi connectivity index (χ0n) is 14.8. The van der Waals surface area contributed by atoms with Crippen LogP contribution in [0.1, 0.15) is 10.4 Å². The maximum absolute atomic E-state index is 12.9. The molecule has 1 amide bonds. The Labute approximate surface area is 159 Å². The van der Waals surface area contributed by atoms with Crippen LogP contribution in [0.4, 0.5) is 10.8 Å². The molecule has 0 bridgehead atoms. The van der Waals surface area contributed by atoms with Gasteiger partial charge in [0.25, 0.3) is 5.91 Å². The Bertz CT molecular complexity index is 1170. The van der Waals surface area contributed by atoms with Crippen molar-refractivity contribution in [1.29, 1.82) is 0 Å². The summed E-state index contributed by atoms with van der Waals surface area (Å²) in [4.78, 5) is 17.2. The molecule has 0 aliphatic heterocycles. The van der Waals surface area contributed by atoms with Gasteiger partial charge in [0.1, 0.15) is 17.0 Å². The van der Waals surface area contributed by atoms with Crippen LogP contribution < -0.4 is 20.5 Å². The van der Waals surface area contributed by atoms with Gasteiger partial charge in [0.2, 0.25) is 0 Å². The number of carbonyl (C=O) groups excluding carboxylic acids is 1. The van der Waals surface area contributed by atoms with Crippen LogP contribution in [0.25, 0.3) is 21.0 Å². The van der Waals surface area contributed by atoms with Crippen LogP contribution in [0.15, 0.2) is 48.5 Å². The Morgan fingerprint density at radius 1 is 1.04 bits per heavy atom. The number of amides is 1. The summed E-state index contributed by atoms with van der Waals surface area (Å²) in [6.07, 6.45) is 0. The third-order valence-electron chi connectivity index (χ3n) is 4.27. The van der Waals surface area contributed by atoms with Gasteiger partial charge in [-0.2, -0.15) is 0 Å². The average Bonchev–Trinajstić information content (AvgIpc) is 3.06. The van der Waals surface area contributed by atoms with E-state index >= 15 is 0 Å². The molecule has 4 rings (SSSR count). The highest BCUT2D eigenvalue weighted by Crippen LogP contribution is 2.35. The summed E-state index contributed by atoms with van der Waals surface area (Å²) in [6, 6.07) is 15.1. The number of ether oxygens (including phenoxy) is 2. The van der Waals surface area contributed by atoms with Gasteiger partial charge in [-0.15, -0.1) is 0 Å². The molecule has 0 radical (unpaired) electrons. The van der Waals surface area contributed by atoms with E-state index in [2.05, 4.69) is 10.3 Å². The fraction of sp³-hybridized carbons (Fsp3) is 0.100. The number of hydrogen-bond acceptors (Lipinski definition) is 6. The molecule has 27 heavy (non-hydrogen) atoms. The van der Waals surface area contributed by atoms with Gasteiger partial charge in [-0.1, -0.05) is 35.6 Å². The molecule has 7 heteroatoms. The second kappa shape index (κ2) is 6.77. The summed E-state index contributed by atoms with van der Waals surface area (Å²) in [5, 5.41) is 5.33. The standard InChI is InChI=1S/C20H17N3O3S/c1-25-15-8-12-6-4-3-5-11(12)7-14(15)19(24)22-13-9-16(26-2)18-17(10-13)27-20(21)23-18/h3-10H,1-2H3,(H2,21,23)(H,22,24). The van der Waals surface area contributed by atoms with E-state index in [1.165, 1.54) is 11.3 Å². The Balaban J connectivity index is 1.74. The molecule has 0 aliphatic rings. The van der Waals surface area contributed by atoms with E-state index in [4.69, 9.17) is 15.2 Å². The molecule has 0 fully saturated rings. The number of nitrogens with two attached hydrogens (primary N) is 1. The van der Waals surface area contributed by atoms with Crippen LogP contribution in [0, 0.1) is 0 Å². The Kier molecular flexibility index (Phi) is 4.29. The fourth-order valence-electron chi connectivity index (χ4n) is 3.01. The van der Waals surface area contributed by atoms with Gasteiger partial charge in [0.05, 0.1) is 24.5 Å². The van der Waals surface area contributed by atoms with E-state index in [1.54, 1.807) is 20.3 Å². The fourth-order valence-corrected chi connectivity index (χ4v) is 3.80. The molecule has 0 aliphatic carbocycles. The number of anilines is 2. The first kappa shape index (κ1) is 17.1. The van der Waals surface area contributed by atoms with Crippen molar-refractivity contribution in [2.45, 2.75) is 0 Å². The maximum Gasteiger partial charge on any atom is 0.259 e. The van der Waals surface area contributed by atoms with Gasteiger partial charge in [-0.3, -0.25) is 4.79 Å². The van der Waals surface area contributed by atoms with E-state index in [0.29, 0.717) is 33.4 Å².